The summed E-state index contributed by atoms with van der Waals surface area (Å²) < 4.78 is 0. The zero-order valence-electron chi connectivity index (χ0n) is 12.9. The van der Waals surface area contributed by atoms with E-state index in [0.717, 1.165) is 11.3 Å². The highest BCUT2D eigenvalue weighted by Gasteiger charge is 2.12. The van der Waals surface area contributed by atoms with E-state index in [9.17, 15) is 9.59 Å². The molecule has 0 bridgehead atoms. The Morgan fingerprint density at radius 2 is 2.05 bits per heavy atom. The molecule has 2 amide bonds. The summed E-state index contributed by atoms with van der Waals surface area (Å²) in [5, 5.41) is 5.55. The maximum atomic E-state index is 11.8. The zero-order chi connectivity index (χ0) is 15.7. The van der Waals surface area contributed by atoms with Crippen molar-refractivity contribution in [3.8, 4) is 0 Å². The minimum absolute atomic E-state index is 0. The first-order valence-electron chi connectivity index (χ1n) is 6.97. The Morgan fingerprint density at radius 3 is 2.68 bits per heavy atom. The Morgan fingerprint density at radius 1 is 1.32 bits per heavy atom. The second kappa shape index (κ2) is 11.3. The molecule has 7 heteroatoms. The van der Waals surface area contributed by atoms with Crippen LogP contribution in [0.5, 0.6) is 0 Å². The molecule has 0 saturated heterocycles. The molecule has 0 aliphatic heterocycles. The highest BCUT2D eigenvalue weighted by atomic mass is 35.5. The number of hydrogen-bond donors (Lipinski definition) is 3. The molecule has 1 aromatic carbocycles. The molecule has 0 aliphatic rings. The largest absolute Gasteiger partial charge is 0.352 e. The van der Waals surface area contributed by atoms with Gasteiger partial charge in [-0.05, 0) is 43.0 Å². The van der Waals surface area contributed by atoms with E-state index in [1.54, 1.807) is 30.0 Å². The van der Waals surface area contributed by atoms with Gasteiger partial charge in [-0.3, -0.25) is 9.59 Å². The Hall–Kier alpha value is -1.24. The second-order valence-corrected chi connectivity index (χ2v) is 5.65. The van der Waals surface area contributed by atoms with Gasteiger partial charge in [0.05, 0.1) is 6.04 Å². The maximum absolute atomic E-state index is 11.8. The van der Waals surface area contributed by atoms with E-state index >= 15 is 0 Å². The lowest BCUT2D eigenvalue weighted by Crippen LogP contribution is -2.40. The van der Waals surface area contributed by atoms with E-state index in [4.69, 9.17) is 5.73 Å². The van der Waals surface area contributed by atoms with Crippen LogP contribution in [0.15, 0.2) is 24.3 Å². The SMILES string of the molecule is CCNC(=O)c1cccc(CNC(=O)C(N)CCSC)c1.Cl. The Bertz CT molecular complexity index is 486. The number of nitrogens with two attached hydrogens (primary N) is 1. The fraction of sp³-hybridized carbons (Fsp3) is 0.467. The molecule has 1 rings (SSSR count). The van der Waals surface area contributed by atoms with Crippen LogP contribution >= 0.6 is 24.2 Å². The molecule has 5 nitrogen and oxygen atoms in total. The molecule has 1 unspecified atom stereocenters. The van der Waals surface area contributed by atoms with E-state index < -0.39 is 6.04 Å². The molecule has 1 aromatic rings. The lowest BCUT2D eigenvalue weighted by Gasteiger charge is -2.12. The predicted octanol–water partition coefficient (Wildman–Crippen LogP) is 1.55. The third-order valence-corrected chi connectivity index (χ3v) is 3.61. The molecular formula is C15H24ClN3O2S. The standard InChI is InChI=1S/C15H23N3O2S.ClH/c1-3-17-14(19)12-6-4-5-11(9-12)10-18-15(20)13(16)7-8-21-2;/h4-6,9,13H,3,7-8,10,16H2,1-2H3,(H,17,19)(H,18,20);1H. The molecule has 4 N–H and O–H groups in total. The van der Waals surface area contributed by atoms with Gasteiger partial charge in [0, 0.05) is 18.7 Å². The van der Waals surface area contributed by atoms with Gasteiger partial charge in [0.2, 0.25) is 5.91 Å². The third-order valence-electron chi connectivity index (χ3n) is 2.96. The van der Waals surface area contributed by atoms with Crippen LogP contribution in [0.25, 0.3) is 0 Å². The summed E-state index contributed by atoms with van der Waals surface area (Å²) in [6.07, 6.45) is 2.64. The van der Waals surface area contributed by atoms with Gasteiger partial charge in [0.25, 0.3) is 5.91 Å². The first kappa shape index (κ1) is 20.8. The van der Waals surface area contributed by atoms with E-state index in [0.29, 0.717) is 25.1 Å². The number of hydrogen-bond acceptors (Lipinski definition) is 4. The number of carbonyl (C=O) groups is 2. The minimum atomic E-state index is -0.482. The van der Waals surface area contributed by atoms with Crippen molar-refractivity contribution in [1.82, 2.24) is 10.6 Å². The molecule has 0 spiro atoms. The molecule has 0 radical (unpaired) electrons. The first-order valence-corrected chi connectivity index (χ1v) is 8.37. The summed E-state index contributed by atoms with van der Waals surface area (Å²) in [5.74, 6) is 0.594. The topological polar surface area (TPSA) is 84.2 Å². The predicted molar refractivity (Wildman–Crippen MR) is 94.5 cm³/mol. The molecule has 0 saturated carbocycles. The average molecular weight is 346 g/mol. The number of amides is 2. The highest BCUT2D eigenvalue weighted by Crippen LogP contribution is 2.06. The van der Waals surface area contributed by atoms with Gasteiger partial charge in [-0.1, -0.05) is 12.1 Å². The number of halogens is 1. The van der Waals surface area contributed by atoms with Crippen molar-refractivity contribution in [2.45, 2.75) is 25.9 Å². The molecule has 0 aliphatic carbocycles. The monoisotopic (exact) mass is 345 g/mol. The van der Waals surface area contributed by atoms with Gasteiger partial charge in [-0.15, -0.1) is 12.4 Å². The zero-order valence-corrected chi connectivity index (χ0v) is 14.6. The van der Waals surface area contributed by atoms with Crippen molar-refractivity contribution in [1.29, 1.82) is 0 Å². The van der Waals surface area contributed by atoms with Gasteiger partial charge < -0.3 is 16.4 Å². The number of nitrogens with one attached hydrogen (secondary N) is 2. The summed E-state index contributed by atoms with van der Waals surface area (Å²) in [4.78, 5) is 23.6. The summed E-state index contributed by atoms with van der Waals surface area (Å²) in [5.41, 5.74) is 7.27. The molecular weight excluding hydrogens is 322 g/mol. The van der Waals surface area contributed by atoms with Crippen LogP contribution in [0.2, 0.25) is 0 Å². The van der Waals surface area contributed by atoms with E-state index in [1.807, 2.05) is 19.2 Å². The molecule has 124 valence electrons. The van der Waals surface area contributed by atoms with Gasteiger partial charge in [0.1, 0.15) is 0 Å². The number of benzene rings is 1. The fourth-order valence-electron chi connectivity index (χ4n) is 1.78. The van der Waals surface area contributed by atoms with Crippen molar-refractivity contribution in [2.75, 3.05) is 18.6 Å². The molecule has 0 fully saturated rings. The first-order chi connectivity index (χ1) is 10.1. The van der Waals surface area contributed by atoms with Crippen molar-refractivity contribution < 1.29 is 9.59 Å². The van der Waals surface area contributed by atoms with Crippen molar-refractivity contribution >= 4 is 36.0 Å². The van der Waals surface area contributed by atoms with Gasteiger partial charge >= 0.3 is 0 Å². The van der Waals surface area contributed by atoms with Crippen LogP contribution in [0.3, 0.4) is 0 Å². The van der Waals surface area contributed by atoms with E-state index in [-0.39, 0.29) is 24.2 Å². The summed E-state index contributed by atoms with van der Waals surface area (Å²) in [6, 6.07) is 6.72. The number of carbonyl (C=O) groups excluding carboxylic acids is 2. The van der Waals surface area contributed by atoms with E-state index in [1.165, 1.54) is 0 Å². The number of thioether (sulfide) groups is 1. The molecule has 1 atom stereocenters. The average Bonchev–Trinajstić information content (AvgIpc) is 2.50. The highest BCUT2D eigenvalue weighted by molar-refractivity contribution is 7.98. The normalized spacial score (nSPS) is 11.2. The van der Waals surface area contributed by atoms with Crippen LogP contribution in [-0.2, 0) is 11.3 Å². The van der Waals surface area contributed by atoms with Gasteiger partial charge in [-0.2, -0.15) is 11.8 Å². The minimum Gasteiger partial charge on any atom is -0.352 e. The van der Waals surface area contributed by atoms with E-state index in [2.05, 4.69) is 10.6 Å². The van der Waals surface area contributed by atoms with Crippen LogP contribution in [-0.4, -0.2) is 36.4 Å². The number of rotatable bonds is 8. The van der Waals surface area contributed by atoms with Gasteiger partial charge in [0.15, 0.2) is 0 Å². The van der Waals surface area contributed by atoms with Gasteiger partial charge in [-0.25, -0.2) is 0 Å². The Balaban J connectivity index is 0.00000441. The third kappa shape index (κ3) is 7.15. The summed E-state index contributed by atoms with van der Waals surface area (Å²) in [6.45, 7) is 2.83. The fourth-order valence-corrected chi connectivity index (χ4v) is 2.27. The Kier molecular flexibility index (Phi) is 10.7. The maximum Gasteiger partial charge on any atom is 0.251 e. The Labute approximate surface area is 142 Å². The summed E-state index contributed by atoms with van der Waals surface area (Å²) >= 11 is 1.67. The van der Waals surface area contributed by atoms with Crippen LogP contribution in [0.1, 0.15) is 29.3 Å². The van der Waals surface area contributed by atoms with Crippen molar-refractivity contribution in [3.05, 3.63) is 35.4 Å². The van der Waals surface area contributed by atoms with Crippen molar-refractivity contribution in [3.63, 3.8) is 0 Å². The quantitative estimate of drug-likeness (QED) is 0.667. The lowest BCUT2D eigenvalue weighted by atomic mass is 10.1. The smallest absolute Gasteiger partial charge is 0.251 e. The van der Waals surface area contributed by atoms with Crippen molar-refractivity contribution in [2.24, 2.45) is 5.73 Å². The van der Waals surface area contributed by atoms with Crippen LogP contribution < -0.4 is 16.4 Å². The van der Waals surface area contributed by atoms with Crippen LogP contribution in [0.4, 0.5) is 0 Å². The molecule has 22 heavy (non-hydrogen) atoms. The lowest BCUT2D eigenvalue weighted by molar-refractivity contribution is -0.122. The molecule has 0 heterocycles. The molecule has 0 aromatic heterocycles. The second-order valence-electron chi connectivity index (χ2n) is 4.67. The van der Waals surface area contributed by atoms with Crippen LogP contribution in [0, 0.1) is 0 Å². The summed E-state index contributed by atoms with van der Waals surface area (Å²) in [7, 11) is 0.